The fourth-order valence-electron chi connectivity index (χ4n) is 2.24. The minimum Gasteiger partial charge on any atom is -0.331 e. The maximum atomic E-state index is 6.38. The number of hydrogen-bond acceptors (Lipinski definition) is 3. The van der Waals surface area contributed by atoms with Gasteiger partial charge in [0.05, 0.1) is 35.0 Å². The lowest BCUT2D eigenvalue weighted by Crippen LogP contribution is -2.19. The zero-order valence-corrected chi connectivity index (χ0v) is 14.0. The molecule has 6 heteroatoms. The van der Waals surface area contributed by atoms with Crippen molar-refractivity contribution in [3.8, 4) is 0 Å². The Morgan fingerprint density at radius 3 is 2.76 bits per heavy atom. The first-order chi connectivity index (χ1) is 10.0. The van der Waals surface area contributed by atoms with Crippen molar-refractivity contribution in [3.05, 3.63) is 34.6 Å². The highest BCUT2D eigenvalue weighted by Crippen LogP contribution is 2.21. The molecule has 116 valence electrons. The molecule has 0 unspecified atom stereocenters. The molecule has 0 aromatic carbocycles. The van der Waals surface area contributed by atoms with Gasteiger partial charge in [-0.2, -0.15) is 5.10 Å². The van der Waals surface area contributed by atoms with Crippen molar-refractivity contribution < 1.29 is 0 Å². The van der Waals surface area contributed by atoms with Crippen LogP contribution in [0.2, 0.25) is 5.02 Å². The summed E-state index contributed by atoms with van der Waals surface area (Å²) in [6.45, 7) is 8.95. The first kappa shape index (κ1) is 16.0. The van der Waals surface area contributed by atoms with Crippen molar-refractivity contribution in [2.75, 3.05) is 6.54 Å². The van der Waals surface area contributed by atoms with E-state index in [1.54, 1.807) is 0 Å². The second-order valence-electron chi connectivity index (χ2n) is 5.75. The number of nitrogens with zero attached hydrogens (tertiary/aromatic N) is 4. The van der Waals surface area contributed by atoms with Crippen LogP contribution in [0.5, 0.6) is 0 Å². The normalized spacial score (nSPS) is 11.5. The van der Waals surface area contributed by atoms with E-state index in [0.29, 0.717) is 12.5 Å². The van der Waals surface area contributed by atoms with Gasteiger partial charge in [-0.15, -0.1) is 0 Å². The highest BCUT2D eigenvalue weighted by atomic mass is 35.5. The van der Waals surface area contributed by atoms with Gasteiger partial charge in [-0.3, -0.25) is 4.68 Å². The van der Waals surface area contributed by atoms with E-state index in [4.69, 9.17) is 11.6 Å². The Balaban J connectivity index is 2.01. The fraction of sp³-hybridized carbons (Fsp3) is 0.600. The summed E-state index contributed by atoms with van der Waals surface area (Å²) < 4.78 is 3.91. The van der Waals surface area contributed by atoms with Gasteiger partial charge in [-0.1, -0.05) is 32.4 Å². The van der Waals surface area contributed by atoms with E-state index >= 15 is 0 Å². The van der Waals surface area contributed by atoms with Crippen molar-refractivity contribution in [1.29, 1.82) is 0 Å². The lowest BCUT2D eigenvalue weighted by Gasteiger charge is -2.05. The Morgan fingerprint density at radius 1 is 1.38 bits per heavy atom. The summed E-state index contributed by atoms with van der Waals surface area (Å²) in [4.78, 5) is 4.42. The third-order valence-electron chi connectivity index (χ3n) is 3.38. The molecular formula is C15H24ClN5. The van der Waals surface area contributed by atoms with Crippen LogP contribution in [-0.2, 0) is 26.6 Å². The molecule has 1 N–H and O–H groups in total. The van der Waals surface area contributed by atoms with Gasteiger partial charge in [-0.05, 0) is 18.9 Å². The van der Waals surface area contributed by atoms with Crippen molar-refractivity contribution in [2.24, 2.45) is 13.0 Å². The lowest BCUT2D eigenvalue weighted by atomic mass is 10.2. The molecule has 0 radical (unpaired) electrons. The number of imidazole rings is 1. The summed E-state index contributed by atoms with van der Waals surface area (Å²) in [6.07, 6.45) is 4.75. The van der Waals surface area contributed by atoms with Crippen molar-refractivity contribution in [2.45, 2.75) is 40.3 Å². The molecule has 0 amide bonds. The van der Waals surface area contributed by atoms with E-state index < -0.39 is 0 Å². The molecule has 0 fully saturated rings. The molecule has 0 saturated heterocycles. The maximum absolute atomic E-state index is 6.38. The summed E-state index contributed by atoms with van der Waals surface area (Å²) in [7, 11) is 1.93. The summed E-state index contributed by atoms with van der Waals surface area (Å²) >= 11 is 6.38. The zero-order valence-electron chi connectivity index (χ0n) is 13.2. The highest BCUT2D eigenvalue weighted by molar-refractivity contribution is 6.31. The fourth-order valence-corrected chi connectivity index (χ4v) is 2.59. The van der Waals surface area contributed by atoms with Gasteiger partial charge < -0.3 is 9.88 Å². The summed E-state index contributed by atoms with van der Waals surface area (Å²) in [5, 5.41) is 8.61. The van der Waals surface area contributed by atoms with Gasteiger partial charge in [0.2, 0.25) is 0 Å². The molecule has 0 saturated carbocycles. The first-order valence-corrected chi connectivity index (χ1v) is 7.80. The molecule has 0 atom stereocenters. The lowest BCUT2D eigenvalue weighted by molar-refractivity contribution is 0.548. The number of nitrogens with one attached hydrogen (secondary N) is 1. The molecule has 0 aliphatic rings. The Labute approximate surface area is 131 Å². The maximum Gasteiger partial charge on any atom is 0.0953 e. The molecule has 5 nitrogen and oxygen atoms in total. The molecule has 2 aromatic rings. The molecule has 0 bridgehead atoms. The quantitative estimate of drug-likeness (QED) is 0.855. The average molecular weight is 310 g/mol. The van der Waals surface area contributed by atoms with Gasteiger partial charge in [0.25, 0.3) is 0 Å². The predicted octanol–water partition coefficient (Wildman–Crippen LogP) is 2.63. The van der Waals surface area contributed by atoms with Crippen molar-refractivity contribution >= 4 is 11.6 Å². The van der Waals surface area contributed by atoms with Crippen LogP contribution >= 0.6 is 11.6 Å². The topological polar surface area (TPSA) is 47.7 Å². The highest BCUT2D eigenvalue weighted by Gasteiger charge is 2.13. The van der Waals surface area contributed by atoms with E-state index in [2.05, 4.69) is 46.9 Å². The largest absolute Gasteiger partial charge is 0.331 e. The molecular weight excluding hydrogens is 286 g/mol. The second kappa shape index (κ2) is 7.09. The Kier molecular flexibility index (Phi) is 5.42. The Morgan fingerprint density at radius 2 is 2.14 bits per heavy atom. The van der Waals surface area contributed by atoms with Gasteiger partial charge in [0.1, 0.15) is 0 Å². The van der Waals surface area contributed by atoms with E-state index in [1.807, 2.05) is 18.1 Å². The van der Waals surface area contributed by atoms with Gasteiger partial charge in [-0.25, -0.2) is 4.98 Å². The van der Waals surface area contributed by atoms with Crippen LogP contribution < -0.4 is 5.32 Å². The number of aryl methyl sites for hydroxylation is 2. The second-order valence-corrected chi connectivity index (χ2v) is 6.12. The van der Waals surface area contributed by atoms with Crippen LogP contribution in [0.4, 0.5) is 0 Å². The van der Waals surface area contributed by atoms with Crippen LogP contribution in [0.3, 0.4) is 0 Å². The van der Waals surface area contributed by atoms with Crippen LogP contribution in [0.1, 0.15) is 37.9 Å². The number of rotatable bonds is 7. The van der Waals surface area contributed by atoms with Crippen molar-refractivity contribution in [1.82, 2.24) is 24.6 Å². The molecule has 2 rings (SSSR count). The third-order valence-corrected chi connectivity index (χ3v) is 3.82. The van der Waals surface area contributed by atoms with Crippen LogP contribution in [0, 0.1) is 5.92 Å². The minimum atomic E-state index is 0.646. The molecule has 0 aliphatic carbocycles. The van der Waals surface area contributed by atoms with Crippen LogP contribution in [-0.4, -0.2) is 25.9 Å². The molecule has 2 heterocycles. The zero-order chi connectivity index (χ0) is 15.4. The summed E-state index contributed by atoms with van der Waals surface area (Å²) in [5.41, 5.74) is 3.02. The van der Waals surface area contributed by atoms with Crippen LogP contribution in [0.15, 0.2) is 12.5 Å². The predicted molar refractivity (Wildman–Crippen MR) is 85.5 cm³/mol. The van der Waals surface area contributed by atoms with Crippen molar-refractivity contribution in [3.63, 3.8) is 0 Å². The number of aromatic nitrogens is 4. The molecule has 21 heavy (non-hydrogen) atoms. The Bertz CT molecular complexity index is 585. The average Bonchev–Trinajstić information content (AvgIpc) is 2.98. The first-order valence-electron chi connectivity index (χ1n) is 7.42. The van der Waals surface area contributed by atoms with Crippen LogP contribution in [0.25, 0.3) is 0 Å². The number of halogens is 1. The van der Waals surface area contributed by atoms with Gasteiger partial charge in [0.15, 0.2) is 0 Å². The minimum absolute atomic E-state index is 0.646. The molecule has 0 aliphatic heterocycles. The van der Waals surface area contributed by atoms with E-state index in [9.17, 15) is 0 Å². The number of hydrogen-bond donors (Lipinski definition) is 1. The van der Waals surface area contributed by atoms with E-state index in [1.165, 1.54) is 0 Å². The molecule has 2 aromatic heterocycles. The Hall–Kier alpha value is -1.33. The summed E-state index contributed by atoms with van der Waals surface area (Å²) in [6, 6.07) is 0. The SMILES string of the molecule is CCc1nn(C)c(Cn2cnc(CNCC(C)C)c2)c1Cl. The third kappa shape index (κ3) is 4.08. The standard InChI is InChI=1S/C15H24ClN5/c1-5-13-15(16)14(20(4)19-13)9-21-8-12(18-10-21)7-17-6-11(2)3/h8,10-11,17H,5-7,9H2,1-4H3. The molecule has 0 spiro atoms. The smallest absolute Gasteiger partial charge is 0.0953 e. The van der Waals surface area contributed by atoms with E-state index in [-0.39, 0.29) is 0 Å². The van der Waals surface area contributed by atoms with E-state index in [0.717, 1.165) is 41.6 Å². The summed E-state index contributed by atoms with van der Waals surface area (Å²) in [5.74, 6) is 0.646. The van der Waals surface area contributed by atoms with Gasteiger partial charge >= 0.3 is 0 Å². The van der Waals surface area contributed by atoms with Gasteiger partial charge in [0, 0.05) is 19.8 Å². The monoisotopic (exact) mass is 309 g/mol.